The highest BCUT2D eigenvalue weighted by Crippen LogP contribution is 2.19. The van der Waals surface area contributed by atoms with E-state index in [1.807, 2.05) is 32.0 Å². The molecule has 6 heteroatoms. The van der Waals surface area contributed by atoms with Crippen LogP contribution in [-0.2, 0) is 4.79 Å². The van der Waals surface area contributed by atoms with Gasteiger partial charge in [-0.15, -0.1) is 0 Å². The van der Waals surface area contributed by atoms with E-state index in [2.05, 4.69) is 16.3 Å². The molecule has 0 aromatic heterocycles. The van der Waals surface area contributed by atoms with Crippen molar-refractivity contribution >= 4 is 17.5 Å². The molecule has 144 valence electrons. The van der Waals surface area contributed by atoms with E-state index in [1.165, 1.54) is 0 Å². The molecule has 1 heterocycles. The molecule has 0 saturated carbocycles. The molecule has 1 aliphatic heterocycles. The molecule has 28 heavy (non-hydrogen) atoms. The van der Waals surface area contributed by atoms with Crippen LogP contribution in [0.4, 0.5) is 5.69 Å². The Hall–Kier alpha value is -3.17. The summed E-state index contributed by atoms with van der Waals surface area (Å²) in [5.41, 5.74) is 3.97. The molecule has 2 aromatic carbocycles. The van der Waals surface area contributed by atoms with Crippen molar-refractivity contribution in [3.63, 3.8) is 0 Å². The van der Waals surface area contributed by atoms with Crippen molar-refractivity contribution < 1.29 is 9.59 Å². The lowest BCUT2D eigenvalue weighted by Crippen LogP contribution is -2.50. The van der Waals surface area contributed by atoms with E-state index < -0.39 is 0 Å². The number of nitriles is 1. The van der Waals surface area contributed by atoms with Crippen LogP contribution >= 0.6 is 0 Å². The number of para-hydroxylation sites is 1. The molecule has 0 aliphatic carbocycles. The van der Waals surface area contributed by atoms with Crippen molar-refractivity contribution in [1.29, 1.82) is 5.26 Å². The average molecular weight is 376 g/mol. The Morgan fingerprint density at radius 3 is 2.32 bits per heavy atom. The maximum atomic E-state index is 12.6. The second kappa shape index (κ2) is 8.68. The Labute approximate surface area is 165 Å². The van der Waals surface area contributed by atoms with Crippen LogP contribution in [0.15, 0.2) is 42.5 Å². The van der Waals surface area contributed by atoms with Gasteiger partial charge in [0.15, 0.2) is 0 Å². The van der Waals surface area contributed by atoms with Crippen molar-refractivity contribution in [2.75, 3.05) is 38.0 Å². The Balaban J connectivity index is 1.53. The average Bonchev–Trinajstić information content (AvgIpc) is 2.71. The first kappa shape index (κ1) is 19.6. The maximum Gasteiger partial charge on any atom is 0.253 e. The first-order valence-corrected chi connectivity index (χ1v) is 9.36. The van der Waals surface area contributed by atoms with Crippen LogP contribution in [-0.4, -0.2) is 54.3 Å². The molecule has 1 N–H and O–H groups in total. The zero-order valence-electron chi connectivity index (χ0n) is 16.2. The molecule has 0 radical (unpaired) electrons. The maximum absolute atomic E-state index is 12.6. The summed E-state index contributed by atoms with van der Waals surface area (Å²) in [5.74, 6) is -0.115. The molecule has 0 unspecified atom stereocenters. The first-order chi connectivity index (χ1) is 13.5. The molecular formula is C22H24N4O2. The number of carbonyl (C=O) groups is 2. The molecule has 2 aromatic rings. The number of nitrogens with zero attached hydrogens (tertiary/aromatic N) is 3. The Kier molecular flexibility index (Phi) is 6.07. The third-order valence-corrected chi connectivity index (χ3v) is 5.01. The SMILES string of the molecule is Cc1cccc(C)c1NC(=O)CN1CCN(C(=O)c2cccc(C#N)c2)CC1. The fraction of sp³-hybridized carbons (Fsp3) is 0.318. The van der Waals surface area contributed by atoms with Gasteiger partial charge in [0.05, 0.1) is 18.2 Å². The number of hydrogen-bond donors (Lipinski definition) is 1. The van der Waals surface area contributed by atoms with Crippen molar-refractivity contribution in [3.05, 3.63) is 64.7 Å². The van der Waals surface area contributed by atoms with E-state index in [0.29, 0.717) is 43.9 Å². The summed E-state index contributed by atoms with van der Waals surface area (Å²) in [4.78, 5) is 28.9. The quantitative estimate of drug-likeness (QED) is 0.890. The lowest BCUT2D eigenvalue weighted by atomic mass is 10.1. The minimum atomic E-state index is -0.0725. The van der Waals surface area contributed by atoms with Gasteiger partial charge < -0.3 is 10.2 Å². The van der Waals surface area contributed by atoms with Gasteiger partial charge in [-0.2, -0.15) is 5.26 Å². The van der Waals surface area contributed by atoms with Crippen LogP contribution in [0.2, 0.25) is 0 Å². The number of rotatable bonds is 4. The molecule has 1 fully saturated rings. The summed E-state index contributed by atoms with van der Waals surface area (Å²) in [6, 6.07) is 14.7. The summed E-state index contributed by atoms with van der Waals surface area (Å²) in [5, 5.41) is 12.0. The molecule has 2 amide bonds. The van der Waals surface area contributed by atoms with Crippen molar-refractivity contribution in [2.45, 2.75) is 13.8 Å². The summed E-state index contributed by atoms with van der Waals surface area (Å²) in [6.07, 6.45) is 0. The third kappa shape index (κ3) is 4.56. The van der Waals surface area contributed by atoms with Gasteiger partial charge in [-0.05, 0) is 43.2 Å². The molecule has 0 spiro atoms. The fourth-order valence-corrected chi connectivity index (χ4v) is 3.41. The van der Waals surface area contributed by atoms with E-state index in [9.17, 15) is 9.59 Å². The van der Waals surface area contributed by atoms with Gasteiger partial charge in [0.2, 0.25) is 5.91 Å². The summed E-state index contributed by atoms with van der Waals surface area (Å²) < 4.78 is 0. The van der Waals surface area contributed by atoms with Crippen LogP contribution in [0.1, 0.15) is 27.0 Å². The first-order valence-electron chi connectivity index (χ1n) is 9.36. The number of nitrogens with one attached hydrogen (secondary N) is 1. The van der Waals surface area contributed by atoms with Gasteiger partial charge in [-0.3, -0.25) is 14.5 Å². The van der Waals surface area contributed by atoms with Crippen LogP contribution in [0.25, 0.3) is 0 Å². The minimum absolute atomic E-state index is 0.0427. The van der Waals surface area contributed by atoms with E-state index in [1.54, 1.807) is 29.2 Å². The molecule has 0 bridgehead atoms. The second-order valence-corrected chi connectivity index (χ2v) is 7.08. The van der Waals surface area contributed by atoms with Gasteiger partial charge in [-0.1, -0.05) is 24.3 Å². The number of benzene rings is 2. The molecule has 0 atom stereocenters. The zero-order valence-corrected chi connectivity index (χ0v) is 16.2. The Bertz CT molecular complexity index is 904. The standard InChI is InChI=1S/C22H24N4O2/c1-16-5-3-6-17(2)21(16)24-20(27)15-25-9-11-26(12-10-25)22(28)19-8-4-7-18(13-19)14-23/h3-8,13H,9-12,15H2,1-2H3,(H,24,27). The van der Waals surface area contributed by atoms with Gasteiger partial charge in [0.25, 0.3) is 5.91 Å². The monoisotopic (exact) mass is 376 g/mol. The van der Waals surface area contributed by atoms with Crippen molar-refractivity contribution in [1.82, 2.24) is 9.80 Å². The molecule has 3 rings (SSSR count). The fourth-order valence-electron chi connectivity index (χ4n) is 3.41. The van der Waals surface area contributed by atoms with Crippen LogP contribution in [0.5, 0.6) is 0 Å². The normalized spacial score (nSPS) is 14.4. The Morgan fingerprint density at radius 1 is 1.04 bits per heavy atom. The van der Waals surface area contributed by atoms with Crippen molar-refractivity contribution in [3.8, 4) is 6.07 Å². The highest BCUT2D eigenvalue weighted by molar-refractivity contribution is 5.95. The van der Waals surface area contributed by atoms with Crippen LogP contribution in [0, 0.1) is 25.2 Å². The number of piperazine rings is 1. The second-order valence-electron chi connectivity index (χ2n) is 7.08. The molecular weight excluding hydrogens is 352 g/mol. The summed E-state index contributed by atoms with van der Waals surface area (Å²) in [6.45, 7) is 6.68. The smallest absolute Gasteiger partial charge is 0.253 e. The predicted octanol–water partition coefficient (Wildman–Crippen LogP) is 2.57. The van der Waals surface area contributed by atoms with E-state index >= 15 is 0 Å². The lowest BCUT2D eigenvalue weighted by molar-refractivity contribution is -0.117. The van der Waals surface area contributed by atoms with Gasteiger partial charge in [0.1, 0.15) is 0 Å². The highest BCUT2D eigenvalue weighted by atomic mass is 16.2. The van der Waals surface area contributed by atoms with Gasteiger partial charge in [-0.25, -0.2) is 0 Å². The Morgan fingerprint density at radius 2 is 1.68 bits per heavy atom. The van der Waals surface area contributed by atoms with Crippen LogP contribution < -0.4 is 5.32 Å². The largest absolute Gasteiger partial charge is 0.336 e. The van der Waals surface area contributed by atoms with Gasteiger partial charge in [0, 0.05) is 37.4 Å². The van der Waals surface area contributed by atoms with E-state index in [4.69, 9.17) is 5.26 Å². The predicted molar refractivity (Wildman–Crippen MR) is 108 cm³/mol. The highest BCUT2D eigenvalue weighted by Gasteiger charge is 2.23. The summed E-state index contributed by atoms with van der Waals surface area (Å²) in [7, 11) is 0. The molecule has 6 nitrogen and oxygen atoms in total. The number of carbonyl (C=O) groups excluding carboxylic acids is 2. The van der Waals surface area contributed by atoms with E-state index in [-0.39, 0.29) is 11.8 Å². The molecule has 1 saturated heterocycles. The number of hydrogen-bond acceptors (Lipinski definition) is 4. The number of aryl methyl sites for hydroxylation is 2. The number of anilines is 1. The minimum Gasteiger partial charge on any atom is -0.336 e. The lowest BCUT2D eigenvalue weighted by Gasteiger charge is -2.34. The summed E-state index contributed by atoms with van der Waals surface area (Å²) >= 11 is 0. The number of amides is 2. The topological polar surface area (TPSA) is 76.4 Å². The van der Waals surface area contributed by atoms with Crippen molar-refractivity contribution in [2.24, 2.45) is 0 Å². The third-order valence-electron chi connectivity index (χ3n) is 5.01. The van der Waals surface area contributed by atoms with Gasteiger partial charge >= 0.3 is 0 Å². The van der Waals surface area contributed by atoms with Crippen LogP contribution in [0.3, 0.4) is 0 Å². The zero-order chi connectivity index (χ0) is 20.1. The molecule has 1 aliphatic rings. The van der Waals surface area contributed by atoms with E-state index in [0.717, 1.165) is 16.8 Å².